The van der Waals surface area contributed by atoms with Crippen LogP contribution in [0.2, 0.25) is 0 Å². The van der Waals surface area contributed by atoms with Crippen molar-refractivity contribution in [1.82, 2.24) is 0 Å². The highest BCUT2D eigenvalue weighted by Crippen LogP contribution is 2.23. The minimum absolute atomic E-state index is 0.537. The van der Waals surface area contributed by atoms with E-state index in [1.54, 1.807) is 0 Å². The molecule has 6 heteroatoms. The van der Waals surface area contributed by atoms with Crippen LogP contribution in [0, 0.1) is 0 Å². The zero-order valence-electron chi connectivity index (χ0n) is 7.20. The fourth-order valence-corrected chi connectivity index (χ4v) is 1.29. The molecule has 1 heterocycles. The summed E-state index contributed by atoms with van der Waals surface area (Å²) in [5.74, 6) is 0. The smallest absolute Gasteiger partial charge is 0.186 e. The SMILES string of the molecule is CO[C@@H]1O[C@H](C(O)CO)[C@@H](O)[C@H]1O. The third-order valence-electron chi connectivity index (χ3n) is 2.06. The summed E-state index contributed by atoms with van der Waals surface area (Å²) >= 11 is 0. The van der Waals surface area contributed by atoms with Gasteiger partial charge in [0.25, 0.3) is 0 Å². The summed E-state index contributed by atoms with van der Waals surface area (Å²) in [6.45, 7) is -0.537. The molecule has 5 atom stereocenters. The van der Waals surface area contributed by atoms with E-state index in [0.717, 1.165) is 0 Å². The molecule has 4 N–H and O–H groups in total. The first-order valence-corrected chi connectivity index (χ1v) is 3.95. The summed E-state index contributed by atoms with van der Waals surface area (Å²) in [6.07, 6.45) is -5.63. The summed E-state index contributed by atoms with van der Waals surface area (Å²) in [4.78, 5) is 0. The lowest BCUT2D eigenvalue weighted by Crippen LogP contribution is -2.40. The number of aliphatic hydroxyl groups is 4. The maximum absolute atomic E-state index is 9.33. The molecule has 0 spiro atoms. The minimum atomic E-state index is -1.24. The maximum atomic E-state index is 9.33. The standard InChI is InChI=1S/C7H14O6/c1-12-7-5(11)4(10)6(13-7)3(9)2-8/h3-11H,2H2,1H3/t3?,4-,5+,6+,7+/m0/s1. The van der Waals surface area contributed by atoms with Crippen LogP contribution in [0.15, 0.2) is 0 Å². The van der Waals surface area contributed by atoms with Gasteiger partial charge in [0.15, 0.2) is 6.29 Å². The lowest BCUT2D eigenvalue weighted by molar-refractivity contribution is -0.166. The van der Waals surface area contributed by atoms with E-state index in [9.17, 15) is 10.2 Å². The molecule has 0 aliphatic carbocycles. The number of hydrogen-bond donors (Lipinski definition) is 4. The molecule has 0 bridgehead atoms. The summed E-state index contributed by atoms with van der Waals surface area (Å²) in [6, 6.07) is 0. The van der Waals surface area contributed by atoms with Gasteiger partial charge in [0.1, 0.15) is 24.4 Å². The van der Waals surface area contributed by atoms with Gasteiger partial charge in [0, 0.05) is 7.11 Å². The second kappa shape index (κ2) is 4.32. The van der Waals surface area contributed by atoms with Gasteiger partial charge < -0.3 is 29.9 Å². The van der Waals surface area contributed by atoms with E-state index in [1.165, 1.54) is 7.11 Å². The molecule has 13 heavy (non-hydrogen) atoms. The summed E-state index contributed by atoms with van der Waals surface area (Å²) in [7, 11) is 1.31. The largest absolute Gasteiger partial charge is 0.394 e. The van der Waals surface area contributed by atoms with Crippen LogP contribution < -0.4 is 0 Å². The van der Waals surface area contributed by atoms with Crippen molar-refractivity contribution >= 4 is 0 Å². The van der Waals surface area contributed by atoms with Gasteiger partial charge in [-0.25, -0.2) is 0 Å². The second-order valence-electron chi connectivity index (χ2n) is 2.94. The van der Waals surface area contributed by atoms with Gasteiger partial charge in [-0.1, -0.05) is 0 Å². The van der Waals surface area contributed by atoms with E-state index in [1.807, 2.05) is 0 Å². The lowest BCUT2D eigenvalue weighted by Gasteiger charge is -2.18. The van der Waals surface area contributed by atoms with Gasteiger partial charge >= 0.3 is 0 Å². The first-order chi connectivity index (χ1) is 6.11. The van der Waals surface area contributed by atoms with Crippen molar-refractivity contribution < 1.29 is 29.9 Å². The molecular formula is C7H14O6. The van der Waals surface area contributed by atoms with Crippen molar-refractivity contribution in [3.63, 3.8) is 0 Å². The molecule has 6 nitrogen and oxygen atoms in total. The molecule has 0 radical (unpaired) electrons. The number of aliphatic hydroxyl groups excluding tert-OH is 4. The van der Waals surface area contributed by atoms with Crippen molar-refractivity contribution in [2.45, 2.75) is 30.7 Å². The molecular weight excluding hydrogens is 180 g/mol. The van der Waals surface area contributed by atoms with E-state index in [4.69, 9.17) is 19.7 Å². The average molecular weight is 194 g/mol. The van der Waals surface area contributed by atoms with Crippen LogP contribution >= 0.6 is 0 Å². The number of hydrogen-bond acceptors (Lipinski definition) is 6. The topological polar surface area (TPSA) is 99.4 Å². The first kappa shape index (κ1) is 10.8. The normalized spacial score (nSPS) is 42.2. The summed E-state index contributed by atoms with van der Waals surface area (Å²) in [5, 5.41) is 36.4. The number of rotatable bonds is 3. The molecule has 0 amide bonds. The Bertz CT molecular complexity index is 163. The molecule has 1 saturated heterocycles. The molecule has 78 valence electrons. The predicted molar refractivity (Wildman–Crippen MR) is 40.8 cm³/mol. The predicted octanol–water partition coefficient (Wildman–Crippen LogP) is -2.57. The Kier molecular flexibility index (Phi) is 3.60. The molecule has 1 rings (SSSR count). The Morgan fingerprint density at radius 2 is 2.00 bits per heavy atom. The Morgan fingerprint density at radius 3 is 2.38 bits per heavy atom. The highest BCUT2D eigenvalue weighted by atomic mass is 16.7. The van der Waals surface area contributed by atoms with Gasteiger partial charge in [-0.2, -0.15) is 0 Å². The average Bonchev–Trinajstić information content (AvgIpc) is 2.43. The second-order valence-corrected chi connectivity index (χ2v) is 2.94. The van der Waals surface area contributed by atoms with Crippen LogP contribution in [0.5, 0.6) is 0 Å². The quantitative estimate of drug-likeness (QED) is 0.394. The van der Waals surface area contributed by atoms with Crippen molar-refractivity contribution in [2.75, 3.05) is 13.7 Å². The van der Waals surface area contributed by atoms with Crippen molar-refractivity contribution in [3.8, 4) is 0 Å². The van der Waals surface area contributed by atoms with Gasteiger partial charge in [0.2, 0.25) is 0 Å². The lowest BCUT2D eigenvalue weighted by atomic mass is 10.1. The highest BCUT2D eigenvalue weighted by molar-refractivity contribution is 4.90. The van der Waals surface area contributed by atoms with E-state index in [-0.39, 0.29) is 0 Å². The van der Waals surface area contributed by atoms with Gasteiger partial charge in [-0.3, -0.25) is 0 Å². The van der Waals surface area contributed by atoms with Crippen LogP contribution in [-0.4, -0.2) is 64.8 Å². The minimum Gasteiger partial charge on any atom is -0.394 e. The zero-order valence-corrected chi connectivity index (χ0v) is 7.20. The van der Waals surface area contributed by atoms with Crippen molar-refractivity contribution in [3.05, 3.63) is 0 Å². The van der Waals surface area contributed by atoms with Crippen LogP contribution in [0.3, 0.4) is 0 Å². The van der Waals surface area contributed by atoms with Gasteiger partial charge in [-0.05, 0) is 0 Å². The molecule has 0 aromatic carbocycles. The summed E-state index contributed by atoms with van der Waals surface area (Å²) < 4.78 is 9.65. The summed E-state index contributed by atoms with van der Waals surface area (Å²) in [5.41, 5.74) is 0. The van der Waals surface area contributed by atoms with E-state index >= 15 is 0 Å². The molecule has 0 saturated carbocycles. The number of ether oxygens (including phenoxy) is 2. The monoisotopic (exact) mass is 194 g/mol. The van der Waals surface area contributed by atoms with E-state index in [0.29, 0.717) is 0 Å². The Morgan fingerprint density at radius 1 is 1.38 bits per heavy atom. The van der Waals surface area contributed by atoms with Crippen LogP contribution in [0.25, 0.3) is 0 Å². The third kappa shape index (κ3) is 1.98. The molecule has 1 aliphatic rings. The number of methoxy groups -OCH3 is 1. The maximum Gasteiger partial charge on any atom is 0.186 e. The van der Waals surface area contributed by atoms with E-state index < -0.39 is 37.3 Å². The molecule has 1 fully saturated rings. The fourth-order valence-electron chi connectivity index (χ4n) is 1.29. The molecule has 1 aliphatic heterocycles. The van der Waals surface area contributed by atoms with Crippen LogP contribution in [0.4, 0.5) is 0 Å². The Balaban J connectivity index is 2.60. The van der Waals surface area contributed by atoms with Crippen LogP contribution in [0.1, 0.15) is 0 Å². The van der Waals surface area contributed by atoms with Gasteiger partial charge in [-0.15, -0.1) is 0 Å². The molecule has 0 aromatic rings. The molecule has 1 unspecified atom stereocenters. The van der Waals surface area contributed by atoms with E-state index in [2.05, 4.69) is 0 Å². The molecule has 0 aromatic heterocycles. The fraction of sp³-hybridized carbons (Fsp3) is 1.00. The zero-order chi connectivity index (χ0) is 10.0. The first-order valence-electron chi connectivity index (χ1n) is 3.95. The third-order valence-corrected chi connectivity index (χ3v) is 2.06. The van der Waals surface area contributed by atoms with Crippen LogP contribution in [-0.2, 0) is 9.47 Å². The Hall–Kier alpha value is -0.240. The Labute approximate surface area is 75.3 Å². The highest BCUT2D eigenvalue weighted by Gasteiger charge is 2.45. The van der Waals surface area contributed by atoms with Crippen molar-refractivity contribution in [2.24, 2.45) is 0 Å². The van der Waals surface area contributed by atoms with Gasteiger partial charge in [0.05, 0.1) is 6.61 Å². The van der Waals surface area contributed by atoms with Crippen molar-refractivity contribution in [1.29, 1.82) is 0 Å².